The topological polar surface area (TPSA) is 17.1 Å². The molecule has 0 amide bonds. The summed E-state index contributed by atoms with van der Waals surface area (Å²) in [4.78, 5) is 12.0. The molecule has 0 saturated heterocycles. The smallest absolute Gasteiger partial charge is 0.140 e. The Morgan fingerprint density at radius 1 is 0.833 bits per heavy atom. The van der Waals surface area contributed by atoms with E-state index < -0.39 is 0 Å². The molecule has 0 aliphatic carbocycles. The van der Waals surface area contributed by atoms with Gasteiger partial charge in [-0.1, -0.05) is 63.8 Å². The first-order valence-electron chi connectivity index (χ1n) is 8.76. The maximum Gasteiger partial charge on any atom is 0.140 e. The number of ketones is 1. The molecule has 1 unspecified atom stereocenters. The quantitative estimate of drug-likeness (QED) is 0.648. The molecule has 0 saturated carbocycles. The Bertz CT molecular complexity index is 724. The Labute approximate surface area is 146 Å². The first-order valence-corrected chi connectivity index (χ1v) is 8.76. The molecule has 0 heterocycles. The number of carbonyl (C=O) groups excluding carboxylic acids is 1. The summed E-state index contributed by atoms with van der Waals surface area (Å²) in [6, 6.07) is 16.5. The van der Waals surface area contributed by atoms with Gasteiger partial charge in [0.25, 0.3) is 0 Å². The van der Waals surface area contributed by atoms with Crippen molar-refractivity contribution in [3.8, 4) is 11.8 Å². The van der Waals surface area contributed by atoms with E-state index in [2.05, 4.69) is 50.0 Å². The predicted octanol–water partition coefficient (Wildman–Crippen LogP) is 5.68. The first-order chi connectivity index (χ1) is 11.5. The zero-order chi connectivity index (χ0) is 17.5. The zero-order valence-electron chi connectivity index (χ0n) is 15.1. The number of rotatable bonds is 5. The highest BCUT2D eigenvalue weighted by Crippen LogP contribution is 2.19. The second-order valence-electron chi connectivity index (χ2n) is 6.59. The highest BCUT2D eigenvalue weighted by molar-refractivity contribution is 5.85. The fraction of sp³-hybridized carbons (Fsp3) is 0.348. The summed E-state index contributed by atoms with van der Waals surface area (Å²) in [6.45, 7) is 8.40. The van der Waals surface area contributed by atoms with Gasteiger partial charge in [0.05, 0.1) is 0 Å². The maximum atomic E-state index is 12.0. The third-order valence-electron chi connectivity index (χ3n) is 4.32. The van der Waals surface area contributed by atoms with Gasteiger partial charge < -0.3 is 0 Å². The van der Waals surface area contributed by atoms with Crippen LogP contribution >= 0.6 is 0 Å². The van der Waals surface area contributed by atoms with Gasteiger partial charge in [-0.05, 0) is 47.7 Å². The van der Waals surface area contributed by atoms with E-state index in [0.29, 0.717) is 18.1 Å². The van der Waals surface area contributed by atoms with Crippen molar-refractivity contribution in [1.82, 2.24) is 0 Å². The minimum atomic E-state index is -0.0319. The Morgan fingerprint density at radius 2 is 1.29 bits per heavy atom. The molecule has 2 rings (SSSR count). The molecule has 0 N–H and O–H groups in total. The highest BCUT2D eigenvalue weighted by Gasteiger charge is 2.13. The lowest BCUT2D eigenvalue weighted by atomic mass is 9.93. The van der Waals surface area contributed by atoms with E-state index in [1.807, 2.05) is 38.1 Å². The van der Waals surface area contributed by atoms with Gasteiger partial charge in [0.2, 0.25) is 0 Å². The van der Waals surface area contributed by atoms with Crippen molar-refractivity contribution in [2.75, 3.05) is 0 Å². The van der Waals surface area contributed by atoms with Crippen molar-refractivity contribution >= 4 is 5.78 Å². The van der Waals surface area contributed by atoms with Gasteiger partial charge in [-0.15, -0.1) is 0 Å². The molecule has 124 valence electrons. The van der Waals surface area contributed by atoms with Crippen LogP contribution in [0.5, 0.6) is 0 Å². The lowest BCUT2D eigenvalue weighted by molar-refractivity contribution is -0.120. The largest absolute Gasteiger partial charge is 0.299 e. The van der Waals surface area contributed by atoms with Crippen molar-refractivity contribution in [3.05, 3.63) is 70.8 Å². The molecule has 1 atom stereocenters. The number of benzene rings is 2. The van der Waals surface area contributed by atoms with E-state index in [9.17, 15) is 4.79 Å². The van der Waals surface area contributed by atoms with Crippen LogP contribution in [0.3, 0.4) is 0 Å². The maximum absolute atomic E-state index is 12.0. The number of Topliss-reactive ketones (excluding diaryl/α,β-unsaturated/α-hetero) is 1. The molecule has 0 fully saturated rings. The van der Waals surface area contributed by atoms with E-state index in [-0.39, 0.29) is 5.92 Å². The highest BCUT2D eigenvalue weighted by atomic mass is 16.1. The molecule has 0 spiro atoms. The third kappa shape index (κ3) is 4.83. The van der Waals surface area contributed by atoms with Gasteiger partial charge in [0.1, 0.15) is 5.78 Å². The summed E-state index contributed by atoms with van der Waals surface area (Å²) < 4.78 is 0. The molecule has 0 aliphatic heterocycles. The Kier molecular flexibility index (Phi) is 6.38. The average molecular weight is 318 g/mol. The molecule has 0 aliphatic rings. The van der Waals surface area contributed by atoms with Gasteiger partial charge >= 0.3 is 0 Å². The van der Waals surface area contributed by atoms with Crippen LogP contribution in [0.15, 0.2) is 48.5 Å². The van der Waals surface area contributed by atoms with Gasteiger partial charge in [-0.2, -0.15) is 0 Å². The fourth-order valence-electron chi connectivity index (χ4n) is 2.60. The minimum Gasteiger partial charge on any atom is -0.299 e. The van der Waals surface area contributed by atoms with Crippen LogP contribution in [0.25, 0.3) is 0 Å². The molecule has 2 aromatic carbocycles. The Hall–Kier alpha value is -2.33. The van der Waals surface area contributed by atoms with Crippen LogP contribution in [0.2, 0.25) is 0 Å². The monoisotopic (exact) mass is 318 g/mol. The predicted molar refractivity (Wildman–Crippen MR) is 101 cm³/mol. The van der Waals surface area contributed by atoms with Crippen LogP contribution in [0, 0.1) is 11.8 Å². The van der Waals surface area contributed by atoms with Gasteiger partial charge in [0.15, 0.2) is 0 Å². The van der Waals surface area contributed by atoms with Crippen LogP contribution in [-0.2, 0) is 4.79 Å². The van der Waals surface area contributed by atoms with Crippen molar-refractivity contribution < 1.29 is 4.79 Å². The molecule has 1 heteroatoms. The molecular formula is C23H26O. The summed E-state index contributed by atoms with van der Waals surface area (Å²) in [5, 5.41) is 0. The van der Waals surface area contributed by atoms with E-state index >= 15 is 0 Å². The van der Waals surface area contributed by atoms with Crippen molar-refractivity contribution in [2.45, 2.75) is 52.4 Å². The standard InChI is InChI=1S/C23H26O/c1-5-6-23(24)18(4)22-15-11-20(12-16-22)8-7-19-9-13-21(14-10-19)17(2)3/h9-18H,5-6H2,1-4H3. The molecule has 24 heavy (non-hydrogen) atoms. The molecule has 0 radical (unpaired) electrons. The van der Waals surface area contributed by atoms with Crippen molar-refractivity contribution in [3.63, 3.8) is 0 Å². The van der Waals surface area contributed by atoms with Gasteiger partial charge in [-0.3, -0.25) is 4.79 Å². The van der Waals surface area contributed by atoms with Gasteiger partial charge in [0, 0.05) is 23.5 Å². The zero-order valence-corrected chi connectivity index (χ0v) is 15.1. The summed E-state index contributed by atoms with van der Waals surface area (Å²) in [7, 11) is 0. The number of carbonyl (C=O) groups is 1. The van der Waals surface area contributed by atoms with Crippen molar-refractivity contribution in [2.24, 2.45) is 0 Å². The average Bonchev–Trinajstić information content (AvgIpc) is 2.60. The lowest BCUT2D eigenvalue weighted by Crippen LogP contribution is -2.08. The summed E-state index contributed by atoms with van der Waals surface area (Å²) >= 11 is 0. The Balaban J connectivity index is 2.08. The summed E-state index contributed by atoms with van der Waals surface area (Å²) in [5.74, 6) is 7.21. The first kappa shape index (κ1) is 18.0. The minimum absolute atomic E-state index is 0.0319. The normalized spacial score (nSPS) is 11.7. The fourth-order valence-corrected chi connectivity index (χ4v) is 2.60. The molecular weight excluding hydrogens is 292 g/mol. The summed E-state index contributed by atoms with van der Waals surface area (Å²) in [5.41, 5.74) is 4.40. The van der Waals surface area contributed by atoms with E-state index in [4.69, 9.17) is 0 Å². The van der Waals surface area contributed by atoms with Gasteiger partial charge in [-0.25, -0.2) is 0 Å². The van der Waals surface area contributed by atoms with E-state index in [0.717, 1.165) is 23.1 Å². The van der Waals surface area contributed by atoms with Crippen LogP contribution < -0.4 is 0 Å². The molecule has 0 aromatic heterocycles. The van der Waals surface area contributed by atoms with Crippen LogP contribution in [0.1, 0.15) is 74.6 Å². The molecule has 1 nitrogen and oxygen atoms in total. The second kappa shape index (κ2) is 8.50. The van der Waals surface area contributed by atoms with Crippen molar-refractivity contribution in [1.29, 1.82) is 0 Å². The third-order valence-corrected chi connectivity index (χ3v) is 4.32. The van der Waals surface area contributed by atoms with E-state index in [1.165, 1.54) is 5.56 Å². The lowest BCUT2D eigenvalue weighted by Gasteiger charge is -2.10. The summed E-state index contributed by atoms with van der Waals surface area (Å²) in [6.07, 6.45) is 1.55. The van der Waals surface area contributed by atoms with Crippen LogP contribution in [0.4, 0.5) is 0 Å². The second-order valence-corrected chi connectivity index (χ2v) is 6.59. The molecule has 0 bridgehead atoms. The van der Waals surface area contributed by atoms with E-state index in [1.54, 1.807) is 0 Å². The molecule has 2 aromatic rings. The SMILES string of the molecule is CCCC(=O)C(C)c1ccc(C#Cc2ccc(C(C)C)cc2)cc1. The Morgan fingerprint density at radius 3 is 1.71 bits per heavy atom. The van der Waals surface area contributed by atoms with Crippen LogP contribution in [-0.4, -0.2) is 5.78 Å². The number of hydrogen-bond acceptors (Lipinski definition) is 1. The number of hydrogen-bond donors (Lipinski definition) is 0.